The topological polar surface area (TPSA) is 90.9 Å². The second-order valence-electron chi connectivity index (χ2n) is 5.95. The highest BCUT2D eigenvalue weighted by atomic mass is 127. The van der Waals surface area contributed by atoms with Crippen LogP contribution in [0.1, 0.15) is 19.8 Å². The summed E-state index contributed by atoms with van der Waals surface area (Å²) in [5, 5.41) is 6.29. The Morgan fingerprint density at radius 2 is 2.00 bits per heavy atom. The molecule has 1 atom stereocenters. The summed E-state index contributed by atoms with van der Waals surface area (Å²) in [5.74, 6) is 0.697. The summed E-state index contributed by atoms with van der Waals surface area (Å²) in [6.07, 6.45) is 1.37. The second-order valence-corrected chi connectivity index (χ2v) is 8.06. The van der Waals surface area contributed by atoms with E-state index in [0.717, 1.165) is 13.0 Å². The van der Waals surface area contributed by atoms with E-state index in [9.17, 15) is 13.2 Å². The number of aliphatic imine (C=N–C) groups is 1. The Hall–Kier alpha value is -1.36. The van der Waals surface area contributed by atoms with Crippen molar-refractivity contribution >= 4 is 45.7 Å². The molecule has 7 nitrogen and oxygen atoms in total. The third-order valence-electron chi connectivity index (χ3n) is 4.17. The molecule has 1 aliphatic rings. The molecular formula is C17H27IN4O3S. The van der Waals surface area contributed by atoms with Gasteiger partial charge in [0.05, 0.1) is 10.6 Å². The molecule has 1 heterocycles. The van der Waals surface area contributed by atoms with Crippen LogP contribution in [0.4, 0.5) is 0 Å². The quantitative estimate of drug-likeness (QED) is 0.353. The Bertz CT molecular complexity index is 710. The number of halogens is 1. The molecule has 1 unspecified atom stereocenters. The van der Waals surface area contributed by atoms with E-state index in [1.54, 1.807) is 37.4 Å². The average Bonchev–Trinajstić information content (AvgIpc) is 3.09. The lowest BCUT2D eigenvalue weighted by Crippen LogP contribution is -2.46. The van der Waals surface area contributed by atoms with Gasteiger partial charge in [-0.1, -0.05) is 25.1 Å². The first-order valence-corrected chi connectivity index (χ1v) is 10.1. The number of carbonyl (C=O) groups excluding carboxylic acids is 1. The van der Waals surface area contributed by atoms with Crippen molar-refractivity contribution in [1.82, 2.24) is 15.5 Å². The number of amides is 1. The van der Waals surface area contributed by atoms with Crippen LogP contribution in [0.25, 0.3) is 0 Å². The molecule has 0 saturated carbocycles. The van der Waals surface area contributed by atoms with Crippen molar-refractivity contribution < 1.29 is 13.2 Å². The molecule has 9 heteroatoms. The minimum atomic E-state index is -3.31. The number of nitrogens with one attached hydrogen (secondary N) is 2. The SMILES string of the molecule is CCC(=O)N1CCC(NC(=NC)NCCS(=O)(=O)c2ccccc2)C1.I. The molecule has 1 aromatic rings. The highest BCUT2D eigenvalue weighted by molar-refractivity contribution is 14.0. The summed E-state index contributed by atoms with van der Waals surface area (Å²) in [7, 11) is -1.67. The van der Waals surface area contributed by atoms with E-state index in [4.69, 9.17) is 0 Å². The predicted octanol–water partition coefficient (Wildman–Crippen LogP) is 1.25. The molecule has 1 saturated heterocycles. The summed E-state index contributed by atoms with van der Waals surface area (Å²) in [5.41, 5.74) is 0. The molecule has 0 spiro atoms. The van der Waals surface area contributed by atoms with Crippen molar-refractivity contribution in [2.45, 2.75) is 30.7 Å². The lowest BCUT2D eigenvalue weighted by molar-refractivity contribution is -0.129. The molecule has 0 aliphatic carbocycles. The number of hydrogen-bond acceptors (Lipinski definition) is 4. The lowest BCUT2D eigenvalue weighted by Gasteiger charge is -2.18. The Balaban J connectivity index is 0.00000338. The van der Waals surface area contributed by atoms with Crippen molar-refractivity contribution in [2.75, 3.05) is 32.4 Å². The highest BCUT2D eigenvalue weighted by Gasteiger charge is 2.25. The molecule has 26 heavy (non-hydrogen) atoms. The largest absolute Gasteiger partial charge is 0.355 e. The van der Waals surface area contributed by atoms with Crippen LogP contribution in [0.5, 0.6) is 0 Å². The molecule has 2 N–H and O–H groups in total. The van der Waals surface area contributed by atoms with E-state index >= 15 is 0 Å². The zero-order valence-electron chi connectivity index (χ0n) is 15.1. The number of nitrogens with zero attached hydrogens (tertiary/aromatic N) is 2. The van der Waals surface area contributed by atoms with Gasteiger partial charge in [0.2, 0.25) is 5.91 Å². The predicted molar refractivity (Wildman–Crippen MR) is 114 cm³/mol. The third kappa shape index (κ3) is 6.42. The second kappa shape index (κ2) is 10.7. The minimum Gasteiger partial charge on any atom is -0.355 e. The van der Waals surface area contributed by atoms with Gasteiger partial charge >= 0.3 is 0 Å². The van der Waals surface area contributed by atoms with Gasteiger partial charge in [-0.05, 0) is 18.6 Å². The monoisotopic (exact) mass is 494 g/mol. The molecule has 146 valence electrons. The normalized spacial score (nSPS) is 17.5. The summed E-state index contributed by atoms with van der Waals surface area (Å²) in [6.45, 7) is 3.51. The van der Waals surface area contributed by atoms with Gasteiger partial charge in [-0.2, -0.15) is 0 Å². The van der Waals surface area contributed by atoms with Gasteiger partial charge in [-0.3, -0.25) is 9.79 Å². The molecular weight excluding hydrogens is 467 g/mol. The van der Waals surface area contributed by atoms with Gasteiger partial charge in [-0.15, -0.1) is 24.0 Å². The molecule has 1 fully saturated rings. The van der Waals surface area contributed by atoms with Crippen molar-refractivity contribution in [3.63, 3.8) is 0 Å². The fourth-order valence-electron chi connectivity index (χ4n) is 2.77. The molecule has 0 bridgehead atoms. The maximum absolute atomic E-state index is 12.3. The van der Waals surface area contributed by atoms with Crippen LogP contribution in [0.2, 0.25) is 0 Å². The fraction of sp³-hybridized carbons (Fsp3) is 0.529. The third-order valence-corrected chi connectivity index (χ3v) is 5.91. The van der Waals surface area contributed by atoms with Gasteiger partial charge in [0, 0.05) is 39.1 Å². The Labute approximate surface area is 172 Å². The fourth-order valence-corrected chi connectivity index (χ4v) is 3.94. The number of hydrogen-bond donors (Lipinski definition) is 2. The number of carbonyl (C=O) groups is 1. The first-order valence-electron chi connectivity index (χ1n) is 8.49. The number of rotatable bonds is 6. The van der Waals surface area contributed by atoms with Crippen molar-refractivity contribution in [1.29, 1.82) is 0 Å². The maximum atomic E-state index is 12.3. The average molecular weight is 494 g/mol. The first-order chi connectivity index (χ1) is 12.0. The molecule has 1 aliphatic heterocycles. The maximum Gasteiger partial charge on any atom is 0.222 e. The van der Waals surface area contributed by atoms with Gasteiger partial charge < -0.3 is 15.5 Å². The van der Waals surface area contributed by atoms with Crippen LogP contribution in [-0.2, 0) is 14.6 Å². The summed E-state index contributed by atoms with van der Waals surface area (Å²) in [6, 6.07) is 8.54. The van der Waals surface area contributed by atoms with Crippen LogP contribution >= 0.6 is 24.0 Å². The van der Waals surface area contributed by atoms with Gasteiger partial charge in [-0.25, -0.2) is 8.42 Å². The number of likely N-dealkylation sites (tertiary alicyclic amines) is 1. The van der Waals surface area contributed by atoms with E-state index in [-0.39, 0.29) is 48.2 Å². The Kier molecular flexibility index (Phi) is 9.34. The van der Waals surface area contributed by atoms with Crippen molar-refractivity contribution in [3.05, 3.63) is 30.3 Å². The standard InChI is InChI=1S/C17H26N4O3S.HI/c1-3-16(22)21-11-9-14(13-21)20-17(18-2)19-10-12-25(23,24)15-7-5-4-6-8-15;/h4-8,14H,3,9-13H2,1-2H3,(H2,18,19,20);1H. The van der Waals surface area contributed by atoms with E-state index < -0.39 is 9.84 Å². The zero-order chi connectivity index (χ0) is 18.3. The van der Waals surface area contributed by atoms with E-state index in [0.29, 0.717) is 23.8 Å². The molecule has 0 radical (unpaired) electrons. The van der Waals surface area contributed by atoms with Crippen molar-refractivity contribution in [3.8, 4) is 0 Å². The lowest BCUT2D eigenvalue weighted by atomic mass is 10.3. The van der Waals surface area contributed by atoms with Crippen LogP contribution in [0, 0.1) is 0 Å². The van der Waals surface area contributed by atoms with Crippen LogP contribution in [0.15, 0.2) is 40.2 Å². The molecule has 0 aromatic heterocycles. The summed E-state index contributed by atoms with van der Waals surface area (Å²) in [4.78, 5) is 18.0. The van der Waals surface area contributed by atoms with Crippen LogP contribution < -0.4 is 10.6 Å². The Morgan fingerprint density at radius 1 is 1.31 bits per heavy atom. The number of sulfone groups is 1. The zero-order valence-corrected chi connectivity index (χ0v) is 18.3. The number of guanidine groups is 1. The van der Waals surface area contributed by atoms with E-state index in [2.05, 4.69) is 15.6 Å². The Morgan fingerprint density at radius 3 is 2.62 bits per heavy atom. The summed E-state index contributed by atoms with van der Waals surface area (Å²) >= 11 is 0. The van der Waals surface area contributed by atoms with E-state index in [1.165, 1.54) is 0 Å². The smallest absolute Gasteiger partial charge is 0.222 e. The van der Waals surface area contributed by atoms with Crippen molar-refractivity contribution in [2.24, 2.45) is 4.99 Å². The first kappa shape index (κ1) is 22.7. The highest BCUT2D eigenvalue weighted by Crippen LogP contribution is 2.11. The molecule has 1 aromatic carbocycles. The van der Waals surface area contributed by atoms with Crippen LogP contribution in [-0.4, -0.2) is 63.7 Å². The van der Waals surface area contributed by atoms with E-state index in [1.807, 2.05) is 11.8 Å². The molecule has 1 amide bonds. The minimum absolute atomic E-state index is 0. The summed E-state index contributed by atoms with van der Waals surface area (Å²) < 4.78 is 24.5. The van der Waals surface area contributed by atoms with Gasteiger partial charge in [0.15, 0.2) is 15.8 Å². The van der Waals surface area contributed by atoms with Crippen LogP contribution in [0.3, 0.4) is 0 Å². The molecule has 2 rings (SSSR count). The van der Waals surface area contributed by atoms with Gasteiger partial charge in [0.1, 0.15) is 0 Å². The number of benzene rings is 1. The van der Waals surface area contributed by atoms with Gasteiger partial charge in [0.25, 0.3) is 0 Å².